The number of benzene rings is 1. The Morgan fingerprint density at radius 2 is 1.84 bits per heavy atom. The molecule has 2 aliphatic rings. The molecule has 0 bridgehead atoms. The fraction of sp³-hybridized carbons (Fsp3) is 0.357. The zero-order chi connectivity index (χ0) is 25.2. The number of furan rings is 1. The molecule has 4 heterocycles. The maximum absolute atomic E-state index is 13.7. The fourth-order valence-corrected chi connectivity index (χ4v) is 5.49. The number of carbonyl (C=O) groups excluding carboxylic acids is 1. The Morgan fingerprint density at radius 3 is 2.59 bits per heavy atom. The molecule has 9 nitrogen and oxygen atoms in total. The van der Waals surface area contributed by atoms with E-state index in [1.165, 1.54) is 25.7 Å². The molecule has 190 valence electrons. The molecule has 37 heavy (non-hydrogen) atoms. The van der Waals surface area contributed by atoms with Crippen molar-refractivity contribution in [3.05, 3.63) is 66.7 Å². The molecule has 1 saturated carbocycles. The van der Waals surface area contributed by atoms with Crippen LogP contribution < -0.4 is 4.74 Å². The standard InChI is InChI=1S/C28H30N6O3/c1-36-24-10-5-4-9-21(24)23-12-13-29-28(31-23)34-26(25-11-6-18-37-25)22(19-30-34)27(35)33-16-14-32(15-17-33)20-7-2-3-8-20/h4-6,9-13,18-20H,2-3,7-8,14-17H2,1H3. The Morgan fingerprint density at radius 1 is 1.03 bits per heavy atom. The Hall–Kier alpha value is -3.98. The van der Waals surface area contributed by atoms with Crippen molar-refractivity contribution < 1.29 is 13.9 Å². The first-order valence-corrected chi connectivity index (χ1v) is 12.8. The highest BCUT2D eigenvalue weighted by atomic mass is 16.5. The normalized spacial score (nSPS) is 16.8. The Bertz CT molecular complexity index is 1370. The van der Waals surface area contributed by atoms with Gasteiger partial charge in [-0.1, -0.05) is 25.0 Å². The molecule has 3 aromatic heterocycles. The average Bonchev–Trinajstić information content (AvgIpc) is 3.74. The second-order valence-electron chi connectivity index (χ2n) is 9.50. The first-order valence-electron chi connectivity index (χ1n) is 12.8. The highest BCUT2D eigenvalue weighted by Crippen LogP contribution is 2.31. The Kier molecular flexibility index (Phi) is 6.44. The predicted octanol–water partition coefficient (Wildman–Crippen LogP) is 4.30. The molecule has 1 saturated heterocycles. The molecule has 1 aliphatic heterocycles. The summed E-state index contributed by atoms with van der Waals surface area (Å²) in [6.07, 6.45) is 10.1. The SMILES string of the molecule is COc1ccccc1-c1ccnc(-n2ncc(C(=O)N3CCN(C4CCCC4)CC3)c2-c2ccco2)n1. The van der Waals surface area contributed by atoms with E-state index in [1.54, 1.807) is 36.5 Å². The van der Waals surface area contributed by atoms with Crippen LogP contribution in [0.5, 0.6) is 5.75 Å². The number of para-hydroxylation sites is 1. The molecule has 0 radical (unpaired) electrons. The Balaban J connectivity index is 1.32. The number of rotatable bonds is 6. The van der Waals surface area contributed by atoms with E-state index in [9.17, 15) is 4.79 Å². The summed E-state index contributed by atoms with van der Waals surface area (Å²) < 4.78 is 12.8. The van der Waals surface area contributed by atoms with E-state index in [0.717, 1.165) is 18.7 Å². The van der Waals surface area contributed by atoms with E-state index in [0.29, 0.717) is 53.5 Å². The van der Waals surface area contributed by atoms with Gasteiger partial charge in [-0.15, -0.1) is 0 Å². The topological polar surface area (TPSA) is 89.5 Å². The van der Waals surface area contributed by atoms with Crippen LogP contribution in [0.3, 0.4) is 0 Å². The van der Waals surface area contributed by atoms with Crippen LogP contribution in [0.25, 0.3) is 28.7 Å². The molecule has 0 unspecified atom stereocenters. The highest BCUT2D eigenvalue weighted by Gasteiger charge is 2.31. The van der Waals surface area contributed by atoms with Gasteiger partial charge >= 0.3 is 0 Å². The minimum atomic E-state index is -0.0513. The van der Waals surface area contributed by atoms with E-state index in [2.05, 4.69) is 15.0 Å². The van der Waals surface area contributed by atoms with Crippen molar-refractivity contribution in [3.8, 4) is 34.4 Å². The van der Waals surface area contributed by atoms with E-state index in [-0.39, 0.29) is 5.91 Å². The van der Waals surface area contributed by atoms with Gasteiger partial charge < -0.3 is 14.1 Å². The molecule has 9 heteroatoms. The third-order valence-electron chi connectivity index (χ3n) is 7.41. The summed E-state index contributed by atoms with van der Waals surface area (Å²) in [7, 11) is 1.63. The summed E-state index contributed by atoms with van der Waals surface area (Å²) >= 11 is 0. The molecule has 6 rings (SSSR count). The lowest BCUT2D eigenvalue weighted by molar-refractivity contribution is 0.0574. The van der Waals surface area contributed by atoms with Gasteiger partial charge in [-0.2, -0.15) is 9.78 Å². The molecule has 2 fully saturated rings. The summed E-state index contributed by atoms with van der Waals surface area (Å²) in [5.74, 6) is 1.55. The van der Waals surface area contributed by atoms with Crippen LogP contribution in [-0.4, -0.2) is 74.8 Å². The smallest absolute Gasteiger partial charge is 0.257 e. The molecule has 1 aromatic carbocycles. The van der Waals surface area contributed by atoms with Gasteiger partial charge in [0, 0.05) is 44.0 Å². The number of carbonyl (C=O) groups is 1. The zero-order valence-electron chi connectivity index (χ0n) is 20.9. The van der Waals surface area contributed by atoms with Gasteiger partial charge in [-0.3, -0.25) is 9.69 Å². The summed E-state index contributed by atoms with van der Waals surface area (Å²) in [6.45, 7) is 3.23. The summed E-state index contributed by atoms with van der Waals surface area (Å²) in [5.41, 5.74) is 2.57. The number of ether oxygens (including phenoxy) is 1. The first-order chi connectivity index (χ1) is 18.2. The number of methoxy groups -OCH3 is 1. The van der Waals surface area contributed by atoms with E-state index < -0.39 is 0 Å². The molecule has 0 spiro atoms. The van der Waals surface area contributed by atoms with Crippen LogP contribution in [-0.2, 0) is 0 Å². The second kappa shape index (κ2) is 10.2. The summed E-state index contributed by atoms with van der Waals surface area (Å²) in [4.78, 5) is 27.4. The van der Waals surface area contributed by atoms with Crippen LogP contribution in [0.4, 0.5) is 0 Å². The lowest BCUT2D eigenvalue weighted by Crippen LogP contribution is -2.51. The predicted molar refractivity (Wildman–Crippen MR) is 139 cm³/mol. The van der Waals surface area contributed by atoms with Gasteiger partial charge in [0.25, 0.3) is 11.9 Å². The number of hydrogen-bond donors (Lipinski definition) is 0. The second-order valence-corrected chi connectivity index (χ2v) is 9.50. The molecule has 1 amide bonds. The van der Waals surface area contributed by atoms with E-state index in [1.807, 2.05) is 41.3 Å². The molecule has 0 N–H and O–H groups in total. The van der Waals surface area contributed by atoms with Crippen LogP contribution in [0.15, 0.2) is 65.5 Å². The Labute approximate surface area is 215 Å². The maximum atomic E-state index is 13.7. The van der Waals surface area contributed by atoms with Crippen molar-refractivity contribution in [2.45, 2.75) is 31.7 Å². The highest BCUT2D eigenvalue weighted by molar-refractivity contribution is 5.99. The van der Waals surface area contributed by atoms with Crippen LogP contribution in [0.2, 0.25) is 0 Å². The van der Waals surface area contributed by atoms with Gasteiger partial charge in [0.15, 0.2) is 5.76 Å². The minimum absolute atomic E-state index is 0.0513. The van der Waals surface area contributed by atoms with Crippen LogP contribution in [0, 0.1) is 0 Å². The molecule has 1 aliphatic carbocycles. The van der Waals surface area contributed by atoms with E-state index in [4.69, 9.17) is 14.1 Å². The van der Waals surface area contributed by atoms with Gasteiger partial charge in [-0.25, -0.2) is 9.97 Å². The van der Waals surface area contributed by atoms with Crippen molar-refractivity contribution in [1.29, 1.82) is 0 Å². The van der Waals surface area contributed by atoms with Crippen molar-refractivity contribution in [1.82, 2.24) is 29.5 Å². The monoisotopic (exact) mass is 498 g/mol. The molecule has 4 aromatic rings. The summed E-state index contributed by atoms with van der Waals surface area (Å²) in [6, 6.07) is 13.8. The van der Waals surface area contributed by atoms with Gasteiger partial charge in [-0.05, 0) is 43.2 Å². The van der Waals surface area contributed by atoms with Crippen LogP contribution in [0.1, 0.15) is 36.0 Å². The van der Waals surface area contributed by atoms with Crippen LogP contribution >= 0.6 is 0 Å². The first kappa shape index (κ1) is 23.4. The van der Waals surface area contributed by atoms with Crippen molar-refractivity contribution >= 4 is 5.91 Å². The third-order valence-corrected chi connectivity index (χ3v) is 7.41. The van der Waals surface area contributed by atoms with Gasteiger partial charge in [0.1, 0.15) is 11.4 Å². The zero-order valence-corrected chi connectivity index (χ0v) is 20.9. The number of aromatic nitrogens is 4. The van der Waals surface area contributed by atoms with Crippen molar-refractivity contribution in [2.24, 2.45) is 0 Å². The molecular formula is C28H30N6O3. The minimum Gasteiger partial charge on any atom is -0.496 e. The fourth-order valence-electron chi connectivity index (χ4n) is 5.49. The number of nitrogens with zero attached hydrogens (tertiary/aromatic N) is 6. The third kappa shape index (κ3) is 4.51. The summed E-state index contributed by atoms with van der Waals surface area (Å²) in [5, 5.41) is 4.56. The largest absolute Gasteiger partial charge is 0.496 e. The molecule has 0 atom stereocenters. The number of piperazine rings is 1. The molecular weight excluding hydrogens is 468 g/mol. The maximum Gasteiger partial charge on any atom is 0.257 e. The van der Waals surface area contributed by atoms with E-state index >= 15 is 0 Å². The van der Waals surface area contributed by atoms with Gasteiger partial charge in [0.05, 0.1) is 30.8 Å². The quantitative estimate of drug-likeness (QED) is 0.392. The lowest BCUT2D eigenvalue weighted by atomic mass is 10.1. The van der Waals surface area contributed by atoms with Crippen molar-refractivity contribution in [3.63, 3.8) is 0 Å². The van der Waals surface area contributed by atoms with Crippen molar-refractivity contribution in [2.75, 3.05) is 33.3 Å². The average molecular weight is 499 g/mol. The number of hydrogen-bond acceptors (Lipinski definition) is 7. The lowest BCUT2D eigenvalue weighted by Gasteiger charge is -2.38. The number of amides is 1. The van der Waals surface area contributed by atoms with Gasteiger partial charge in [0.2, 0.25) is 0 Å².